The molecule has 11 heteroatoms. The number of aliphatic hydroxyl groups is 1. The first-order valence-electron chi connectivity index (χ1n) is 13.5. The van der Waals surface area contributed by atoms with Crippen LogP contribution in [-0.2, 0) is 21.4 Å². The molecule has 5 rings (SSSR count). The summed E-state index contributed by atoms with van der Waals surface area (Å²) >= 11 is 6.44. The predicted molar refractivity (Wildman–Crippen MR) is 149 cm³/mol. The van der Waals surface area contributed by atoms with Crippen molar-refractivity contribution in [1.82, 2.24) is 19.4 Å². The minimum Gasteiger partial charge on any atom is -0.486 e. The number of sulfonamides is 1. The molecule has 1 amide bonds. The number of hydrogen-bond donors (Lipinski definition) is 2. The van der Waals surface area contributed by atoms with E-state index in [1.807, 2.05) is 48.3 Å². The van der Waals surface area contributed by atoms with Crippen LogP contribution in [0.15, 0.2) is 47.4 Å². The number of likely N-dealkylation sites (tertiary alicyclic amines) is 2. The summed E-state index contributed by atoms with van der Waals surface area (Å²) in [6.07, 6.45) is 0.452. The summed E-state index contributed by atoms with van der Waals surface area (Å²) in [6.45, 7) is 5.11. The molecule has 2 saturated heterocycles. The molecule has 3 aliphatic heterocycles. The third-order valence-corrected chi connectivity index (χ3v) is 10.0. The number of fused-ring (bicyclic) bond motifs is 2. The number of β-amino-alcohol motifs (C(OH)–C–C–N with tert-alkyl or cyclic N) is 1. The molecular weight excluding hydrogens is 540 g/mol. The van der Waals surface area contributed by atoms with Gasteiger partial charge in [0.1, 0.15) is 16.7 Å². The van der Waals surface area contributed by atoms with Crippen molar-refractivity contribution in [3.8, 4) is 5.75 Å². The van der Waals surface area contributed by atoms with Gasteiger partial charge in [-0.1, -0.05) is 35.9 Å². The Morgan fingerprint density at radius 2 is 1.87 bits per heavy atom. The zero-order valence-corrected chi connectivity index (χ0v) is 24.0. The molecule has 39 heavy (non-hydrogen) atoms. The number of nitrogens with zero attached hydrogens (tertiary/aromatic N) is 3. The van der Waals surface area contributed by atoms with Gasteiger partial charge in [0, 0.05) is 57.8 Å². The molecule has 3 aliphatic rings. The predicted octanol–water partition coefficient (Wildman–Crippen LogP) is 2.28. The number of halogens is 1. The number of aliphatic hydroxyl groups excluding tert-OH is 1. The Morgan fingerprint density at radius 1 is 1.13 bits per heavy atom. The fourth-order valence-corrected chi connectivity index (χ4v) is 7.35. The molecule has 0 spiro atoms. The molecule has 0 radical (unpaired) electrons. The number of amides is 1. The van der Waals surface area contributed by atoms with Crippen LogP contribution in [0, 0.1) is 0 Å². The maximum atomic E-state index is 13.3. The van der Waals surface area contributed by atoms with E-state index in [0.29, 0.717) is 50.0 Å². The highest BCUT2D eigenvalue weighted by molar-refractivity contribution is 7.89. The minimum atomic E-state index is -3.91. The molecule has 2 N–H and O–H groups in total. The van der Waals surface area contributed by atoms with Gasteiger partial charge in [-0.2, -0.15) is 0 Å². The van der Waals surface area contributed by atoms with E-state index in [2.05, 4.69) is 14.5 Å². The van der Waals surface area contributed by atoms with Crippen molar-refractivity contribution in [3.63, 3.8) is 0 Å². The van der Waals surface area contributed by atoms with Gasteiger partial charge in [0.2, 0.25) is 15.9 Å². The summed E-state index contributed by atoms with van der Waals surface area (Å²) in [4.78, 5) is 18.0. The third-order valence-electron chi connectivity index (χ3n) is 8.19. The van der Waals surface area contributed by atoms with Crippen molar-refractivity contribution in [2.24, 2.45) is 0 Å². The van der Waals surface area contributed by atoms with Crippen molar-refractivity contribution < 1.29 is 23.1 Å². The molecule has 0 aromatic heterocycles. The van der Waals surface area contributed by atoms with Gasteiger partial charge < -0.3 is 14.7 Å². The van der Waals surface area contributed by atoms with Gasteiger partial charge in [0.15, 0.2) is 0 Å². The second-order valence-electron chi connectivity index (χ2n) is 10.9. The smallest absolute Gasteiger partial charge is 0.244 e. The van der Waals surface area contributed by atoms with E-state index in [1.165, 1.54) is 0 Å². The van der Waals surface area contributed by atoms with Crippen LogP contribution in [0.25, 0.3) is 0 Å². The van der Waals surface area contributed by atoms with Crippen molar-refractivity contribution in [1.29, 1.82) is 0 Å². The maximum Gasteiger partial charge on any atom is 0.244 e. The Morgan fingerprint density at radius 3 is 2.59 bits per heavy atom. The average molecular weight is 577 g/mol. The van der Waals surface area contributed by atoms with Gasteiger partial charge in [-0.3, -0.25) is 14.6 Å². The van der Waals surface area contributed by atoms with Crippen LogP contribution in [0.2, 0.25) is 5.02 Å². The molecule has 0 aliphatic carbocycles. The Labute approximate surface area is 235 Å². The van der Waals surface area contributed by atoms with Crippen molar-refractivity contribution >= 4 is 27.5 Å². The minimum absolute atomic E-state index is 0.0572. The van der Waals surface area contributed by atoms with Gasteiger partial charge >= 0.3 is 0 Å². The Balaban J connectivity index is 1.45. The topological polar surface area (TPSA) is 102 Å². The van der Waals surface area contributed by atoms with E-state index in [-0.39, 0.29) is 35.4 Å². The largest absolute Gasteiger partial charge is 0.486 e. The van der Waals surface area contributed by atoms with Crippen LogP contribution < -0.4 is 9.46 Å². The van der Waals surface area contributed by atoms with Crippen LogP contribution in [0.1, 0.15) is 36.8 Å². The van der Waals surface area contributed by atoms with E-state index < -0.39 is 16.1 Å². The van der Waals surface area contributed by atoms with Crippen molar-refractivity contribution in [2.45, 2.75) is 55.4 Å². The van der Waals surface area contributed by atoms with Crippen LogP contribution in [0.4, 0.5) is 0 Å². The zero-order valence-electron chi connectivity index (χ0n) is 22.4. The van der Waals surface area contributed by atoms with Crippen molar-refractivity contribution in [2.75, 3.05) is 46.3 Å². The zero-order chi connectivity index (χ0) is 27.7. The average Bonchev–Trinajstić information content (AvgIpc) is 3.30. The first-order valence-corrected chi connectivity index (χ1v) is 15.4. The second kappa shape index (κ2) is 11.7. The molecule has 2 aromatic carbocycles. The van der Waals surface area contributed by atoms with E-state index in [1.54, 1.807) is 13.0 Å². The molecule has 9 nitrogen and oxygen atoms in total. The summed E-state index contributed by atoms with van der Waals surface area (Å²) in [7, 11) is -1.97. The van der Waals surface area contributed by atoms with Crippen LogP contribution in [0.3, 0.4) is 0 Å². The van der Waals surface area contributed by atoms with Gasteiger partial charge in [0.05, 0.1) is 12.1 Å². The highest BCUT2D eigenvalue weighted by Crippen LogP contribution is 2.35. The quantitative estimate of drug-likeness (QED) is 0.578. The summed E-state index contributed by atoms with van der Waals surface area (Å²) in [5.41, 5.74) is 2.03. The van der Waals surface area contributed by atoms with Crippen LogP contribution >= 0.6 is 11.6 Å². The summed E-state index contributed by atoms with van der Waals surface area (Å²) in [5, 5.41) is 11.3. The summed E-state index contributed by atoms with van der Waals surface area (Å²) < 4.78 is 35.8. The second-order valence-corrected chi connectivity index (χ2v) is 13.1. The standard InChI is InChI=1S/C28H37ClN4O5S/c1-19(34)33-11-9-20(10-12-33)21-7-8-28-26(13-21)38-27-18-32(15-22-5-3-4-6-24(22)29)17-25(27)31(2)16-23(35)14-30-39(28,36)37/h3-8,13,20,23,25,27,30,35H,9-12,14-18H2,1-2H3/t23-,25+,27-/m0/s1. The van der Waals surface area contributed by atoms with Gasteiger partial charge in [0.25, 0.3) is 0 Å². The van der Waals surface area contributed by atoms with Gasteiger partial charge in [-0.25, -0.2) is 13.1 Å². The number of hydrogen-bond acceptors (Lipinski definition) is 7. The Kier molecular flexibility index (Phi) is 8.51. The number of ether oxygens (including phenoxy) is 1. The molecule has 3 atom stereocenters. The molecule has 0 bridgehead atoms. The molecule has 2 aromatic rings. The SMILES string of the molecule is CC(=O)N1CCC(c2ccc3c(c2)O[C@H]2CN(Cc4ccccc4Cl)C[C@H]2N(C)C[C@@H](O)CNS3(=O)=O)CC1. The Hall–Kier alpha value is -2.21. The number of benzene rings is 2. The lowest BCUT2D eigenvalue weighted by Gasteiger charge is -2.32. The summed E-state index contributed by atoms with van der Waals surface area (Å²) in [5.74, 6) is 0.618. The fourth-order valence-electron chi connectivity index (χ4n) is 5.97. The number of carbonyl (C=O) groups excluding carboxylic acids is 1. The van der Waals surface area contributed by atoms with Crippen LogP contribution in [0.5, 0.6) is 5.75 Å². The Bertz CT molecular complexity index is 1300. The maximum absolute atomic E-state index is 13.3. The lowest BCUT2D eigenvalue weighted by atomic mass is 9.89. The highest BCUT2D eigenvalue weighted by atomic mass is 35.5. The van der Waals surface area contributed by atoms with E-state index >= 15 is 0 Å². The first-order chi connectivity index (χ1) is 18.6. The molecule has 2 fully saturated rings. The van der Waals surface area contributed by atoms with E-state index in [9.17, 15) is 18.3 Å². The molecular formula is C28H37ClN4O5S. The molecule has 0 unspecified atom stereocenters. The monoisotopic (exact) mass is 576 g/mol. The normalized spacial score (nSPS) is 26.8. The number of carbonyl (C=O) groups is 1. The van der Waals surface area contributed by atoms with Crippen LogP contribution in [-0.4, -0.2) is 98.7 Å². The number of piperidine rings is 1. The lowest BCUT2D eigenvalue weighted by Crippen LogP contribution is -2.47. The lowest BCUT2D eigenvalue weighted by molar-refractivity contribution is -0.129. The van der Waals surface area contributed by atoms with Gasteiger partial charge in [-0.15, -0.1) is 0 Å². The number of nitrogens with one attached hydrogen (secondary N) is 1. The first kappa shape index (κ1) is 28.3. The third kappa shape index (κ3) is 6.42. The fraction of sp³-hybridized carbons (Fsp3) is 0.536. The van der Waals surface area contributed by atoms with E-state index in [4.69, 9.17) is 16.3 Å². The number of likely N-dealkylation sites (N-methyl/N-ethyl adjacent to an activating group) is 1. The molecule has 0 saturated carbocycles. The van der Waals surface area contributed by atoms with Crippen molar-refractivity contribution in [3.05, 3.63) is 58.6 Å². The number of rotatable bonds is 3. The molecule has 3 heterocycles. The van der Waals surface area contributed by atoms with E-state index in [0.717, 1.165) is 24.0 Å². The van der Waals surface area contributed by atoms with Gasteiger partial charge in [-0.05, 0) is 55.1 Å². The summed E-state index contributed by atoms with van der Waals surface area (Å²) in [6, 6.07) is 13.0. The highest BCUT2D eigenvalue weighted by Gasteiger charge is 2.39. The molecule has 212 valence electrons.